The summed E-state index contributed by atoms with van der Waals surface area (Å²) in [5.41, 5.74) is 2.80. The van der Waals surface area contributed by atoms with Crippen LogP contribution in [0.3, 0.4) is 0 Å². The molecule has 1 N–H and O–H groups in total. The van der Waals surface area contributed by atoms with E-state index in [0.29, 0.717) is 5.92 Å². The summed E-state index contributed by atoms with van der Waals surface area (Å²) in [5, 5.41) is 3.51. The van der Waals surface area contributed by atoms with Crippen LogP contribution in [0.4, 0.5) is 0 Å². The number of nitrogens with zero attached hydrogens (tertiary/aromatic N) is 1. The largest absolute Gasteiger partial charge is 0.383 e. The molecule has 0 unspecified atom stereocenters. The van der Waals surface area contributed by atoms with Crippen molar-refractivity contribution in [2.24, 2.45) is 5.92 Å². The summed E-state index contributed by atoms with van der Waals surface area (Å²) >= 11 is 0. The van der Waals surface area contributed by atoms with Crippen molar-refractivity contribution in [3.63, 3.8) is 0 Å². The van der Waals surface area contributed by atoms with Crippen molar-refractivity contribution in [3.8, 4) is 0 Å². The van der Waals surface area contributed by atoms with Crippen LogP contribution in [-0.2, 0) is 17.8 Å². The molecule has 3 nitrogen and oxygen atoms in total. The Morgan fingerprint density at radius 3 is 2.53 bits per heavy atom. The van der Waals surface area contributed by atoms with Crippen LogP contribution in [0.2, 0.25) is 0 Å². The van der Waals surface area contributed by atoms with Gasteiger partial charge < -0.3 is 10.1 Å². The summed E-state index contributed by atoms with van der Waals surface area (Å²) in [5.74, 6) is 0.691. The van der Waals surface area contributed by atoms with Gasteiger partial charge in [0.25, 0.3) is 0 Å². The summed E-state index contributed by atoms with van der Waals surface area (Å²) < 4.78 is 5.12. The van der Waals surface area contributed by atoms with E-state index < -0.39 is 0 Å². The lowest BCUT2D eigenvalue weighted by molar-refractivity contribution is 0.158. The minimum atomic E-state index is 0.691. The average Bonchev–Trinajstić information content (AvgIpc) is 2.38. The molecule has 0 atom stereocenters. The Morgan fingerprint density at radius 2 is 1.89 bits per heavy atom. The van der Waals surface area contributed by atoms with Gasteiger partial charge in [0.05, 0.1) is 6.61 Å². The van der Waals surface area contributed by atoms with Crippen LogP contribution in [0.15, 0.2) is 24.3 Å². The molecular weight excluding hydrogens is 236 g/mol. The minimum Gasteiger partial charge on any atom is -0.383 e. The molecule has 1 aromatic carbocycles. The fraction of sp³-hybridized carbons (Fsp3) is 0.625. The van der Waals surface area contributed by atoms with E-state index in [-0.39, 0.29) is 0 Å². The average molecular weight is 264 g/mol. The van der Waals surface area contributed by atoms with Gasteiger partial charge in [-0.05, 0) is 30.6 Å². The number of hydrogen-bond acceptors (Lipinski definition) is 3. The summed E-state index contributed by atoms with van der Waals surface area (Å²) in [6, 6.07) is 8.67. The highest BCUT2D eigenvalue weighted by molar-refractivity contribution is 5.26. The van der Waals surface area contributed by atoms with E-state index in [1.807, 2.05) is 0 Å². The lowest BCUT2D eigenvalue weighted by Crippen LogP contribution is -2.24. The second-order valence-electron chi connectivity index (χ2n) is 5.52. The highest BCUT2D eigenvalue weighted by Crippen LogP contribution is 2.11. The normalized spacial score (nSPS) is 11.5. The number of benzene rings is 1. The molecular formula is C16H28N2O. The number of likely N-dealkylation sites (N-methyl/N-ethyl adjacent to an activating group) is 1. The number of methoxy groups -OCH3 is 1. The molecule has 0 saturated carbocycles. The lowest BCUT2D eigenvalue weighted by Gasteiger charge is -2.19. The van der Waals surface area contributed by atoms with Crippen LogP contribution in [0.1, 0.15) is 25.0 Å². The smallest absolute Gasteiger partial charge is 0.0589 e. The standard InChI is InChI=1S/C16H28N2O/c1-14(2)11-17-12-15-7-5-6-8-16(15)13-18(3)9-10-19-4/h5-8,14,17H,9-13H2,1-4H3. The van der Waals surface area contributed by atoms with Gasteiger partial charge in [-0.1, -0.05) is 38.1 Å². The zero-order valence-corrected chi connectivity index (χ0v) is 12.8. The van der Waals surface area contributed by atoms with E-state index in [1.54, 1.807) is 7.11 Å². The zero-order valence-electron chi connectivity index (χ0n) is 12.8. The van der Waals surface area contributed by atoms with Gasteiger partial charge in [-0.25, -0.2) is 0 Å². The molecule has 19 heavy (non-hydrogen) atoms. The third-order valence-electron chi connectivity index (χ3n) is 3.10. The maximum atomic E-state index is 5.12. The molecule has 0 amide bonds. The fourth-order valence-corrected chi connectivity index (χ4v) is 2.00. The Labute approximate surface area is 118 Å². The molecule has 108 valence electrons. The summed E-state index contributed by atoms with van der Waals surface area (Å²) in [4.78, 5) is 2.30. The maximum absolute atomic E-state index is 5.12. The molecule has 0 bridgehead atoms. The first-order chi connectivity index (χ1) is 9.13. The molecule has 1 aromatic rings. The Bertz CT molecular complexity index is 352. The van der Waals surface area contributed by atoms with Crippen LogP contribution in [0.5, 0.6) is 0 Å². The van der Waals surface area contributed by atoms with Gasteiger partial charge in [-0.3, -0.25) is 4.90 Å². The molecule has 0 aliphatic rings. The van der Waals surface area contributed by atoms with Crippen molar-refractivity contribution in [2.45, 2.75) is 26.9 Å². The number of rotatable bonds is 9. The molecule has 0 aliphatic heterocycles. The van der Waals surface area contributed by atoms with Crippen molar-refractivity contribution in [2.75, 3.05) is 33.9 Å². The summed E-state index contributed by atoms with van der Waals surface area (Å²) in [6.45, 7) is 9.20. The van der Waals surface area contributed by atoms with E-state index in [2.05, 4.69) is 55.4 Å². The van der Waals surface area contributed by atoms with Gasteiger partial charge in [0.1, 0.15) is 0 Å². The highest BCUT2D eigenvalue weighted by Gasteiger charge is 2.05. The van der Waals surface area contributed by atoms with Crippen LogP contribution in [0.25, 0.3) is 0 Å². The first-order valence-corrected chi connectivity index (χ1v) is 7.08. The molecule has 3 heteroatoms. The SMILES string of the molecule is COCCN(C)Cc1ccccc1CNCC(C)C. The van der Waals surface area contributed by atoms with Gasteiger partial charge in [-0.2, -0.15) is 0 Å². The van der Waals surface area contributed by atoms with Crippen LogP contribution >= 0.6 is 0 Å². The number of hydrogen-bond donors (Lipinski definition) is 1. The lowest BCUT2D eigenvalue weighted by atomic mass is 10.1. The van der Waals surface area contributed by atoms with Gasteiger partial charge in [-0.15, -0.1) is 0 Å². The van der Waals surface area contributed by atoms with Crippen molar-refractivity contribution in [1.29, 1.82) is 0 Å². The molecule has 0 saturated heterocycles. The zero-order chi connectivity index (χ0) is 14.1. The maximum Gasteiger partial charge on any atom is 0.0589 e. The second-order valence-corrected chi connectivity index (χ2v) is 5.52. The first-order valence-electron chi connectivity index (χ1n) is 7.08. The van der Waals surface area contributed by atoms with E-state index in [0.717, 1.165) is 32.8 Å². The molecule has 0 aliphatic carbocycles. The molecule has 0 fully saturated rings. The quantitative estimate of drug-likeness (QED) is 0.742. The van der Waals surface area contributed by atoms with Crippen LogP contribution in [0, 0.1) is 5.92 Å². The monoisotopic (exact) mass is 264 g/mol. The minimum absolute atomic E-state index is 0.691. The third-order valence-corrected chi connectivity index (χ3v) is 3.10. The molecule has 0 heterocycles. The van der Waals surface area contributed by atoms with Crippen LogP contribution < -0.4 is 5.32 Å². The Balaban J connectivity index is 2.52. The predicted octanol–water partition coefficient (Wildman–Crippen LogP) is 2.51. The fourth-order valence-electron chi connectivity index (χ4n) is 2.00. The third kappa shape index (κ3) is 6.71. The van der Waals surface area contributed by atoms with Crippen molar-refractivity contribution in [3.05, 3.63) is 35.4 Å². The van der Waals surface area contributed by atoms with Gasteiger partial charge in [0.2, 0.25) is 0 Å². The van der Waals surface area contributed by atoms with Crippen molar-refractivity contribution in [1.82, 2.24) is 10.2 Å². The topological polar surface area (TPSA) is 24.5 Å². The number of nitrogens with one attached hydrogen (secondary N) is 1. The van der Waals surface area contributed by atoms with Gasteiger partial charge in [0, 0.05) is 26.7 Å². The summed E-state index contributed by atoms with van der Waals surface area (Å²) in [6.07, 6.45) is 0. The van der Waals surface area contributed by atoms with E-state index in [9.17, 15) is 0 Å². The molecule has 0 spiro atoms. The van der Waals surface area contributed by atoms with Gasteiger partial charge in [0.15, 0.2) is 0 Å². The Hall–Kier alpha value is -0.900. The Morgan fingerprint density at radius 1 is 1.21 bits per heavy atom. The number of ether oxygens (including phenoxy) is 1. The molecule has 0 radical (unpaired) electrons. The summed E-state index contributed by atoms with van der Waals surface area (Å²) in [7, 11) is 3.88. The second kappa shape index (κ2) is 9.08. The van der Waals surface area contributed by atoms with Crippen molar-refractivity contribution < 1.29 is 4.74 Å². The first kappa shape index (κ1) is 16.2. The van der Waals surface area contributed by atoms with Gasteiger partial charge >= 0.3 is 0 Å². The van der Waals surface area contributed by atoms with Crippen LogP contribution in [-0.4, -0.2) is 38.8 Å². The molecule has 0 aromatic heterocycles. The predicted molar refractivity (Wildman–Crippen MR) is 81.2 cm³/mol. The van der Waals surface area contributed by atoms with E-state index in [4.69, 9.17) is 4.74 Å². The van der Waals surface area contributed by atoms with E-state index >= 15 is 0 Å². The molecule has 1 rings (SSSR count). The highest BCUT2D eigenvalue weighted by atomic mass is 16.5. The Kier molecular flexibility index (Phi) is 7.72. The van der Waals surface area contributed by atoms with E-state index in [1.165, 1.54) is 11.1 Å². The van der Waals surface area contributed by atoms with Crippen molar-refractivity contribution >= 4 is 0 Å².